The molecule has 1 aliphatic rings. The molecule has 0 amide bonds. The molecule has 0 N–H and O–H groups in total. The summed E-state index contributed by atoms with van der Waals surface area (Å²) in [6, 6.07) is 4.73. The molecule has 1 aliphatic heterocycles. The minimum atomic E-state index is 0.231. The van der Waals surface area contributed by atoms with E-state index >= 15 is 0 Å². The van der Waals surface area contributed by atoms with Crippen molar-refractivity contribution >= 4 is 6.01 Å². The zero-order valence-electron chi connectivity index (χ0n) is 9.09. The topological polar surface area (TPSA) is 55.3 Å². The Balaban J connectivity index is 1.90. The lowest BCUT2D eigenvalue weighted by atomic mass is 10.2. The first-order valence-electron chi connectivity index (χ1n) is 5.45. The van der Waals surface area contributed by atoms with E-state index in [2.05, 4.69) is 15.1 Å². The van der Waals surface area contributed by atoms with Gasteiger partial charge in [-0.2, -0.15) is 0 Å². The molecule has 0 saturated carbocycles. The van der Waals surface area contributed by atoms with Crippen molar-refractivity contribution in [3.05, 3.63) is 30.0 Å². The van der Waals surface area contributed by atoms with Gasteiger partial charge in [0.1, 0.15) is 5.76 Å². The fourth-order valence-corrected chi connectivity index (χ4v) is 2.17. The van der Waals surface area contributed by atoms with Crippen LogP contribution in [0, 0.1) is 6.92 Å². The molecule has 2 aromatic rings. The van der Waals surface area contributed by atoms with Gasteiger partial charge in [0.15, 0.2) is 0 Å². The van der Waals surface area contributed by atoms with Gasteiger partial charge in [0.05, 0.1) is 12.3 Å². The molecule has 3 rings (SSSR count). The first-order valence-corrected chi connectivity index (χ1v) is 5.45. The molecule has 1 unspecified atom stereocenters. The summed E-state index contributed by atoms with van der Waals surface area (Å²) in [7, 11) is 0. The van der Waals surface area contributed by atoms with Crippen LogP contribution in [0.5, 0.6) is 0 Å². The molecule has 5 nitrogen and oxygen atoms in total. The zero-order valence-corrected chi connectivity index (χ0v) is 9.09. The van der Waals surface area contributed by atoms with Gasteiger partial charge in [0.25, 0.3) is 0 Å². The maximum absolute atomic E-state index is 5.46. The van der Waals surface area contributed by atoms with Crippen molar-refractivity contribution in [1.82, 2.24) is 10.2 Å². The van der Waals surface area contributed by atoms with E-state index in [4.69, 9.17) is 8.83 Å². The molecular formula is C11H13N3O2. The van der Waals surface area contributed by atoms with Crippen molar-refractivity contribution in [2.75, 3.05) is 11.4 Å². The molecule has 0 spiro atoms. The lowest BCUT2D eigenvalue weighted by molar-refractivity contribution is 0.442. The Morgan fingerprint density at radius 2 is 2.38 bits per heavy atom. The van der Waals surface area contributed by atoms with Gasteiger partial charge in [0, 0.05) is 13.5 Å². The third-order valence-corrected chi connectivity index (χ3v) is 2.89. The zero-order chi connectivity index (χ0) is 11.0. The third kappa shape index (κ3) is 1.48. The summed E-state index contributed by atoms with van der Waals surface area (Å²) in [5, 5.41) is 7.91. The number of rotatable bonds is 2. The van der Waals surface area contributed by atoms with Crippen LogP contribution in [0.3, 0.4) is 0 Å². The van der Waals surface area contributed by atoms with E-state index in [1.807, 2.05) is 12.1 Å². The standard InChI is InChI=1S/C11H13N3O2/c1-8-12-13-11(16-8)14-6-2-4-9(14)10-5-3-7-15-10/h3,5,7,9H,2,4,6H2,1H3. The molecular weight excluding hydrogens is 206 g/mol. The Hall–Kier alpha value is -1.78. The number of aryl methyl sites for hydroxylation is 1. The number of nitrogens with zero attached hydrogens (tertiary/aromatic N) is 3. The summed E-state index contributed by atoms with van der Waals surface area (Å²) >= 11 is 0. The molecule has 0 aliphatic carbocycles. The molecule has 16 heavy (non-hydrogen) atoms. The quantitative estimate of drug-likeness (QED) is 0.775. The van der Waals surface area contributed by atoms with Gasteiger partial charge in [0.2, 0.25) is 5.89 Å². The lowest BCUT2D eigenvalue weighted by Gasteiger charge is -2.20. The molecule has 1 atom stereocenters. The van der Waals surface area contributed by atoms with Gasteiger partial charge in [-0.1, -0.05) is 5.10 Å². The van der Waals surface area contributed by atoms with Crippen LogP contribution in [0.2, 0.25) is 0 Å². The van der Waals surface area contributed by atoms with E-state index < -0.39 is 0 Å². The van der Waals surface area contributed by atoms with Gasteiger partial charge in [-0.05, 0) is 25.0 Å². The maximum atomic E-state index is 5.46. The predicted molar refractivity (Wildman–Crippen MR) is 57.1 cm³/mol. The van der Waals surface area contributed by atoms with E-state index in [0.717, 1.165) is 25.1 Å². The SMILES string of the molecule is Cc1nnc(N2CCCC2c2ccco2)o1. The number of hydrogen-bond donors (Lipinski definition) is 0. The number of anilines is 1. The van der Waals surface area contributed by atoms with Crippen LogP contribution in [0.1, 0.15) is 30.5 Å². The molecule has 0 aromatic carbocycles. The Labute approximate surface area is 93.1 Å². The third-order valence-electron chi connectivity index (χ3n) is 2.89. The van der Waals surface area contributed by atoms with Crippen molar-refractivity contribution in [3.8, 4) is 0 Å². The second-order valence-corrected chi connectivity index (χ2v) is 3.97. The van der Waals surface area contributed by atoms with Gasteiger partial charge in [-0.3, -0.25) is 0 Å². The van der Waals surface area contributed by atoms with Crippen LogP contribution < -0.4 is 4.90 Å². The first-order chi connectivity index (χ1) is 7.84. The van der Waals surface area contributed by atoms with Crippen LogP contribution in [-0.4, -0.2) is 16.7 Å². The highest BCUT2D eigenvalue weighted by Crippen LogP contribution is 2.35. The summed E-state index contributed by atoms with van der Waals surface area (Å²) in [4.78, 5) is 2.11. The molecule has 2 aromatic heterocycles. The summed E-state index contributed by atoms with van der Waals surface area (Å²) in [6.45, 7) is 2.74. The Morgan fingerprint density at radius 1 is 1.44 bits per heavy atom. The molecule has 1 saturated heterocycles. The van der Waals surface area contributed by atoms with E-state index in [-0.39, 0.29) is 6.04 Å². The van der Waals surface area contributed by atoms with Crippen LogP contribution >= 0.6 is 0 Å². The van der Waals surface area contributed by atoms with Gasteiger partial charge in [-0.15, -0.1) is 5.10 Å². The average molecular weight is 219 g/mol. The summed E-state index contributed by atoms with van der Waals surface area (Å²) in [5.41, 5.74) is 0. The number of hydrogen-bond acceptors (Lipinski definition) is 5. The Bertz CT molecular complexity index is 463. The highest BCUT2D eigenvalue weighted by atomic mass is 16.4. The van der Waals surface area contributed by atoms with Gasteiger partial charge >= 0.3 is 6.01 Å². The summed E-state index contributed by atoms with van der Waals surface area (Å²) in [5.74, 6) is 1.56. The van der Waals surface area contributed by atoms with E-state index in [1.165, 1.54) is 0 Å². The monoisotopic (exact) mass is 219 g/mol. The minimum Gasteiger partial charge on any atom is -0.467 e. The van der Waals surface area contributed by atoms with Crippen molar-refractivity contribution in [2.45, 2.75) is 25.8 Å². The molecule has 84 valence electrons. The minimum absolute atomic E-state index is 0.231. The van der Waals surface area contributed by atoms with Crippen LogP contribution in [-0.2, 0) is 0 Å². The largest absolute Gasteiger partial charge is 0.467 e. The molecule has 3 heterocycles. The lowest BCUT2D eigenvalue weighted by Crippen LogP contribution is -2.22. The summed E-state index contributed by atoms with van der Waals surface area (Å²) in [6.07, 6.45) is 3.88. The maximum Gasteiger partial charge on any atom is 0.318 e. The smallest absolute Gasteiger partial charge is 0.318 e. The molecule has 0 bridgehead atoms. The van der Waals surface area contributed by atoms with Gasteiger partial charge < -0.3 is 13.7 Å². The molecule has 0 radical (unpaired) electrons. The Morgan fingerprint density at radius 3 is 3.06 bits per heavy atom. The average Bonchev–Trinajstić information content (AvgIpc) is 2.96. The van der Waals surface area contributed by atoms with Gasteiger partial charge in [-0.25, -0.2) is 0 Å². The fraction of sp³-hybridized carbons (Fsp3) is 0.455. The molecule has 5 heteroatoms. The normalized spacial score (nSPS) is 20.6. The highest BCUT2D eigenvalue weighted by molar-refractivity contribution is 5.32. The second-order valence-electron chi connectivity index (χ2n) is 3.97. The van der Waals surface area contributed by atoms with Crippen LogP contribution in [0.25, 0.3) is 0 Å². The van der Waals surface area contributed by atoms with E-state index in [0.29, 0.717) is 11.9 Å². The molecule has 1 fully saturated rings. The fourth-order valence-electron chi connectivity index (χ4n) is 2.17. The van der Waals surface area contributed by atoms with Crippen molar-refractivity contribution in [1.29, 1.82) is 0 Å². The highest BCUT2D eigenvalue weighted by Gasteiger charge is 2.31. The van der Waals surface area contributed by atoms with Crippen LogP contribution in [0.15, 0.2) is 27.2 Å². The van der Waals surface area contributed by atoms with E-state index in [9.17, 15) is 0 Å². The van der Waals surface area contributed by atoms with Crippen molar-refractivity contribution < 1.29 is 8.83 Å². The first kappa shape index (κ1) is 9.45. The number of aromatic nitrogens is 2. The van der Waals surface area contributed by atoms with Crippen LogP contribution in [0.4, 0.5) is 6.01 Å². The number of furan rings is 1. The van der Waals surface area contributed by atoms with Crippen molar-refractivity contribution in [2.24, 2.45) is 0 Å². The second kappa shape index (κ2) is 3.66. The van der Waals surface area contributed by atoms with Crippen molar-refractivity contribution in [3.63, 3.8) is 0 Å². The van der Waals surface area contributed by atoms with E-state index in [1.54, 1.807) is 13.2 Å². The predicted octanol–water partition coefficient (Wildman–Crippen LogP) is 2.31. The summed E-state index contributed by atoms with van der Waals surface area (Å²) < 4.78 is 10.9. The Kier molecular flexibility index (Phi) is 2.16.